The maximum atomic E-state index is 12.3. The summed E-state index contributed by atoms with van der Waals surface area (Å²) in [5.74, 6) is -0.705. The van der Waals surface area contributed by atoms with Gasteiger partial charge in [-0.2, -0.15) is 5.10 Å². The molecule has 1 aromatic rings. The summed E-state index contributed by atoms with van der Waals surface area (Å²) in [7, 11) is 0. The lowest BCUT2D eigenvalue weighted by Gasteiger charge is -2.22. The standard InChI is InChI=1S/C18H28N4O3/c1-3-4-10-19-18(25)15-11-16(13(2)23)22(21-15)12-17(24)20-14-8-6-5-7-9-14/h11,14H,3-10,12H2,1-2H3,(H,19,25)(H,20,24). The van der Waals surface area contributed by atoms with Crippen LogP contribution in [0.3, 0.4) is 0 Å². The molecular formula is C18H28N4O3. The number of aromatic nitrogens is 2. The van der Waals surface area contributed by atoms with Gasteiger partial charge in [-0.3, -0.25) is 19.1 Å². The minimum absolute atomic E-state index is 0.0480. The lowest BCUT2D eigenvalue weighted by Crippen LogP contribution is -2.38. The van der Waals surface area contributed by atoms with Crippen molar-refractivity contribution in [2.45, 2.75) is 71.4 Å². The molecule has 2 rings (SSSR count). The Morgan fingerprint density at radius 1 is 1.24 bits per heavy atom. The van der Waals surface area contributed by atoms with Crippen LogP contribution in [-0.4, -0.2) is 40.0 Å². The second kappa shape index (κ2) is 9.34. The Kier molecular flexibility index (Phi) is 7.16. The van der Waals surface area contributed by atoms with Crippen molar-refractivity contribution in [3.63, 3.8) is 0 Å². The summed E-state index contributed by atoms with van der Waals surface area (Å²) in [6.07, 6.45) is 7.34. The van der Waals surface area contributed by atoms with Crippen molar-refractivity contribution in [2.75, 3.05) is 6.54 Å². The van der Waals surface area contributed by atoms with Crippen molar-refractivity contribution in [2.24, 2.45) is 0 Å². The number of hydrogen-bond donors (Lipinski definition) is 2. The number of Topliss-reactive ketones (excluding diaryl/α,β-unsaturated/α-hetero) is 1. The van der Waals surface area contributed by atoms with Crippen LogP contribution >= 0.6 is 0 Å². The van der Waals surface area contributed by atoms with Crippen LogP contribution in [0.15, 0.2) is 6.07 Å². The van der Waals surface area contributed by atoms with E-state index in [-0.39, 0.29) is 41.6 Å². The first-order valence-electron chi connectivity index (χ1n) is 9.17. The molecule has 1 aliphatic carbocycles. The fraction of sp³-hybridized carbons (Fsp3) is 0.667. The molecule has 2 amide bonds. The van der Waals surface area contributed by atoms with Crippen molar-refractivity contribution in [3.05, 3.63) is 17.5 Å². The summed E-state index contributed by atoms with van der Waals surface area (Å²) in [4.78, 5) is 36.2. The quantitative estimate of drug-likeness (QED) is 0.555. The molecule has 0 atom stereocenters. The van der Waals surface area contributed by atoms with Gasteiger partial charge >= 0.3 is 0 Å². The highest BCUT2D eigenvalue weighted by Gasteiger charge is 2.20. The van der Waals surface area contributed by atoms with Gasteiger partial charge in [0.25, 0.3) is 5.91 Å². The first kappa shape index (κ1) is 19.1. The minimum Gasteiger partial charge on any atom is -0.352 e. The Labute approximate surface area is 148 Å². The molecule has 1 saturated carbocycles. The molecule has 1 aromatic heterocycles. The number of carbonyl (C=O) groups excluding carboxylic acids is 3. The van der Waals surface area contributed by atoms with Crippen LogP contribution < -0.4 is 10.6 Å². The number of rotatable bonds is 8. The van der Waals surface area contributed by atoms with E-state index in [0.717, 1.165) is 38.5 Å². The van der Waals surface area contributed by atoms with Gasteiger partial charge in [-0.05, 0) is 19.3 Å². The molecule has 1 heterocycles. The van der Waals surface area contributed by atoms with Crippen molar-refractivity contribution in [1.29, 1.82) is 0 Å². The average molecular weight is 348 g/mol. The molecule has 0 aromatic carbocycles. The first-order chi connectivity index (χ1) is 12.0. The van der Waals surface area contributed by atoms with Crippen LogP contribution in [0.25, 0.3) is 0 Å². The van der Waals surface area contributed by atoms with Gasteiger partial charge in [0.05, 0.1) is 0 Å². The topological polar surface area (TPSA) is 93.1 Å². The highest BCUT2D eigenvalue weighted by atomic mass is 16.2. The summed E-state index contributed by atoms with van der Waals surface area (Å²) < 4.78 is 1.33. The van der Waals surface area contributed by atoms with Gasteiger partial charge in [-0.1, -0.05) is 32.6 Å². The molecule has 1 aliphatic rings. The third-order valence-corrected chi connectivity index (χ3v) is 4.45. The van der Waals surface area contributed by atoms with Gasteiger partial charge < -0.3 is 10.6 Å². The molecule has 0 radical (unpaired) electrons. The maximum Gasteiger partial charge on any atom is 0.271 e. The zero-order valence-electron chi connectivity index (χ0n) is 15.1. The molecule has 7 heteroatoms. The Morgan fingerprint density at radius 3 is 2.60 bits per heavy atom. The summed E-state index contributed by atoms with van der Waals surface area (Å²) in [6.45, 7) is 3.97. The Hall–Kier alpha value is -2.18. The fourth-order valence-electron chi connectivity index (χ4n) is 3.06. The van der Waals surface area contributed by atoms with Crippen LogP contribution in [-0.2, 0) is 11.3 Å². The van der Waals surface area contributed by atoms with Gasteiger partial charge in [0.2, 0.25) is 5.91 Å². The molecule has 0 bridgehead atoms. The lowest BCUT2D eigenvalue weighted by atomic mass is 9.95. The average Bonchev–Trinajstić information content (AvgIpc) is 3.00. The van der Waals surface area contributed by atoms with Crippen molar-refractivity contribution < 1.29 is 14.4 Å². The van der Waals surface area contributed by atoms with Gasteiger partial charge in [-0.25, -0.2) is 0 Å². The van der Waals surface area contributed by atoms with Crippen LogP contribution in [0.4, 0.5) is 0 Å². The Balaban J connectivity index is 2.01. The molecule has 7 nitrogen and oxygen atoms in total. The number of amides is 2. The van der Waals surface area contributed by atoms with E-state index in [0.29, 0.717) is 6.54 Å². The zero-order valence-corrected chi connectivity index (χ0v) is 15.1. The van der Waals surface area contributed by atoms with E-state index < -0.39 is 0 Å². The highest BCUT2D eigenvalue weighted by molar-refractivity contribution is 5.98. The number of nitrogens with zero attached hydrogens (tertiary/aromatic N) is 2. The molecule has 138 valence electrons. The lowest BCUT2D eigenvalue weighted by molar-refractivity contribution is -0.122. The molecule has 0 aliphatic heterocycles. The summed E-state index contributed by atoms with van der Waals surface area (Å²) in [6, 6.07) is 1.66. The predicted molar refractivity (Wildman–Crippen MR) is 94.5 cm³/mol. The summed E-state index contributed by atoms with van der Waals surface area (Å²) in [5.41, 5.74) is 0.450. The van der Waals surface area contributed by atoms with Crippen molar-refractivity contribution in [3.8, 4) is 0 Å². The Bertz CT molecular complexity index is 618. The van der Waals surface area contributed by atoms with E-state index >= 15 is 0 Å². The Morgan fingerprint density at radius 2 is 1.96 bits per heavy atom. The van der Waals surface area contributed by atoms with Gasteiger partial charge in [0, 0.05) is 25.6 Å². The SMILES string of the molecule is CCCCNC(=O)c1cc(C(C)=O)n(CC(=O)NC2CCCCC2)n1. The molecule has 25 heavy (non-hydrogen) atoms. The number of carbonyl (C=O) groups is 3. The van der Waals surface area contributed by atoms with E-state index in [1.165, 1.54) is 24.1 Å². The largest absolute Gasteiger partial charge is 0.352 e. The zero-order chi connectivity index (χ0) is 18.2. The maximum absolute atomic E-state index is 12.3. The molecule has 2 N–H and O–H groups in total. The van der Waals surface area contributed by atoms with Crippen LogP contribution in [0.5, 0.6) is 0 Å². The van der Waals surface area contributed by atoms with Crippen molar-refractivity contribution in [1.82, 2.24) is 20.4 Å². The van der Waals surface area contributed by atoms with Crippen LogP contribution in [0.2, 0.25) is 0 Å². The third-order valence-electron chi connectivity index (χ3n) is 4.45. The monoisotopic (exact) mass is 348 g/mol. The molecular weight excluding hydrogens is 320 g/mol. The molecule has 0 unspecified atom stereocenters. The fourth-order valence-corrected chi connectivity index (χ4v) is 3.06. The predicted octanol–water partition coefficient (Wildman–Crippen LogP) is 2.06. The van der Waals surface area contributed by atoms with Crippen LogP contribution in [0, 0.1) is 0 Å². The smallest absolute Gasteiger partial charge is 0.271 e. The molecule has 1 fully saturated rings. The van der Waals surface area contributed by atoms with E-state index in [2.05, 4.69) is 15.7 Å². The summed E-state index contributed by atoms with van der Waals surface area (Å²) in [5, 5.41) is 9.94. The van der Waals surface area contributed by atoms with E-state index in [9.17, 15) is 14.4 Å². The molecule has 0 saturated heterocycles. The van der Waals surface area contributed by atoms with E-state index in [1.807, 2.05) is 6.92 Å². The minimum atomic E-state index is -0.317. The van der Waals surface area contributed by atoms with Gasteiger partial charge in [0.15, 0.2) is 11.5 Å². The second-order valence-electron chi connectivity index (χ2n) is 6.64. The molecule has 0 spiro atoms. The van der Waals surface area contributed by atoms with E-state index in [4.69, 9.17) is 0 Å². The number of unbranched alkanes of at least 4 members (excludes halogenated alkanes) is 1. The third kappa shape index (κ3) is 5.69. The number of hydrogen-bond acceptors (Lipinski definition) is 4. The van der Waals surface area contributed by atoms with Gasteiger partial charge in [0.1, 0.15) is 12.2 Å². The normalized spacial score (nSPS) is 15.0. The number of ketones is 1. The van der Waals surface area contributed by atoms with Gasteiger partial charge in [-0.15, -0.1) is 0 Å². The summed E-state index contributed by atoms with van der Waals surface area (Å²) >= 11 is 0. The number of nitrogens with one attached hydrogen (secondary N) is 2. The first-order valence-corrected chi connectivity index (χ1v) is 9.17. The van der Waals surface area contributed by atoms with Crippen LogP contribution in [0.1, 0.15) is 79.8 Å². The van der Waals surface area contributed by atoms with E-state index in [1.54, 1.807) is 0 Å². The van der Waals surface area contributed by atoms with Crippen molar-refractivity contribution >= 4 is 17.6 Å². The highest BCUT2D eigenvalue weighted by Crippen LogP contribution is 2.17. The second-order valence-corrected chi connectivity index (χ2v) is 6.64.